The number of benzene rings is 1. The first-order chi connectivity index (χ1) is 8.38. The number of nitrogens with zero attached hydrogens (tertiary/aromatic N) is 1. The number of sulfonamides is 1. The second-order valence-electron chi connectivity index (χ2n) is 4.64. The summed E-state index contributed by atoms with van der Waals surface area (Å²) in [7, 11) is -3.59. The van der Waals surface area contributed by atoms with E-state index in [4.69, 9.17) is 5.26 Å². The lowest BCUT2D eigenvalue weighted by Gasteiger charge is -2.10. The zero-order chi connectivity index (χ0) is 13.8. The Labute approximate surface area is 109 Å². The van der Waals surface area contributed by atoms with Crippen LogP contribution in [-0.4, -0.2) is 15.0 Å². The molecule has 18 heavy (non-hydrogen) atoms. The van der Waals surface area contributed by atoms with E-state index >= 15 is 0 Å². The average molecular weight is 266 g/mol. The second-order valence-corrected chi connectivity index (χ2v) is 6.38. The molecule has 0 atom stereocenters. The molecule has 0 heterocycles. The minimum atomic E-state index is -3.59. The average Bonchev–Trinajstić information content (AvgIpc) is 2.27. The molecule has 0 aliphatic carbocycles. The molecule has 0 radical (unpaired) electrons. The maximum atomic E-state index is 12.1. The van der Waals surface area contributed by atoms with Crippen molar-refractivity contribution in [3.63, 3.8) is 0 Å². The molecule has 0 aliphatic heterocycles. The summed E-state index contributed by atoms with van der Waals surface area (Å²) in [4.78, 5) is 0.0637. The number of rotatable bonds is 5. The largest absolute Gasteiger partial charge is 0.241 e. The van der Waals surface area contributed by atoms with Crippen molar-refractivity contribution in [3.8, 4) is 6.07 Å². The van der Waals surface area contributed by atoms with Gasteiger partial charge in [0.2, 0.25) is 10.0 Å². The third-order valence-electron chi connectivity index (χ3n) is 2.65. The maximum absolute atomic E-state index is 12.1. The smallest absolute Gasteiger partial charge is 0.211 e. The Kier molecular flexibility index (Phi) is 4.88. The molecule has 5 heteroatoms. The fraction of sp³-hybridized carbons (Fsp3) is 0.462. The van der Waals surface area contributed by atoms with Gasteiger partial charge in [-0.05, 0) is 30.9 Å². The molecule has 0 amide bonds. The molecular formula is C13H18N2O2S. The van der Waals surface area contributed by atoms with Crippen molar-refractivity contribution >= 4 is 10.0 Å². The lowest BCUT2D eigenvalue weighted by atomic mass is 10.1. The van der Waals surface area contributed by atoms with Gasteiger partial charge in [0.1, 0.15) is 6.07 Å². The summed E-state index contributed by atoms with van der Waals surface area (Å²) in [5, 5.41) is 9.03. The van der Waals surface area contributed by atoms with Gasteiger partial charge in [-0.2, -0.15) is 5.26 Å². The highest BCUT2D eigenvalue weighted by Crippen LogP contribution is 2.18. The zero-order valence-electron chi connectivity index (χ0n) is 10.9. The van der Waals surface area contributed by atoms with E-state index in [1.807, 2.05) is 19.9 Å². The van der Waals surface area contributed by atoms with Crippen LogP contribution in [0.25, 0.3) is 0 Å². The molecule has 0 unspecified atom stereocenters. The monoisotopic (exact) mass is 266 g/mol. The lowest BCUT2D eigenvalue weighted by molar-refractivity contribution is 0.551. The predicted octanol–water partition coefficient (Wildman–Crippen LogP) is 2.19. The molecule has 98 valence electrons. The molecule has 0 saturated heterocycles. The van der Waals surface area contributed by atoms with Crippen molar-refractivity contribution in [2.75, 3.05) is 6.54 Å². The van der Waals surface area contributed by atoms with Gasteiger partial charge in [-0.1, -0.05) is 26.0 Å². The van der Waals surface area contributed by atoms with Crippen LogP contribution in [0.15, 0.2) is 23.1 Å². The van der Waals surface area contributed by atoms with Crippen molar-refractivity contribution in [2.45, 2.75) is 32.1 Å². The van der Waals surface area contributed by atoms with E-state index < -0.39 is 10.0 Å². The molecule has 4 nitrogen and oxygen atoms in total. The first-order valence-corrected chi connectivity index (χ1v) is 7.36. The second kappa shape index (κ2) is 5.98. The zero-order valence-corrected chi connectivity index (χ0v) is 11.7. The number of aryl methyl sites for hydroxylation is 1. The predicted molar refractivity (Wildman–Crippen MR) is 70.5 cm³/mol. The molecule has 1 rings (SSSR count). The van der Waals surface area contributed by atoms with Crippen molar-refractivity contribution in [1.29, 1.82) is 5.26 Å². The SMILES string of the molecule is Cc1cccc(S(=O)(=O)NCCC(C)C)c1C#N. The van der Waals surface area contributed by atoms with Gasteiger partial charge in [0, 0.05) is 6.54 Å². The van der Waals surface area contributed by atoms with Gasteiger partial charge in [-0.3, -0.25) is 0 Å². The van der Waals surface area contributed by atoms with Gasteiger partial charge in [-0.15, -0.1) is 0 Å². The van der Waals surface area contributed by atoms with Gasteiger partial charge < -0.3 is 0 Å². The molecule has 0 saturated carbocycles. The summed E-state index contributed by atoms with van der Waals surface area (Å²) in [6.45, 7) is 6.17. The van der Waals surface area contributed by atoms with Crippen LogP contribution < -0.4 is 4.72 Å². The summed E-state index contributed by atoms with van der Waals surface area (Å²) in [5.41, 5.74) is 0.888. The van der Waals surface area contributed by atoms with Crippen LogP contribution in [0.5, 0.6) is 0 Å². The summed E-state index contributed by atoms with van der Waals surface area (Å²) in [6, 6.07) is 6.79. The van der Waals surface area contributed by atoms with Gasteiger partial charge in [0.25, 0.3) is 0 Å². The molecule has 1 N–H and O–H groups in total. The third kappa shape index (κ3) is 3.56. The quantitative estimate of drug-likeness (QED) is 0.888. The number of nitrogens with one attached hydrogen (secondary N) is 1. The third-order valence-corrected chi connectivity index (χ3v) is 4.15. The summed E-state index contributed by atoms with van der Waals surface area (Å²) in [5.74, 6) is 0.431. The Morgan fingerprint density at radius 2 is 2.06 bits per heavy atom. The van der Waals surface area contributed by atoms with Gasteiger partial charge >= 0.3 is 0 Å². The van der Waals surface area contributed by atoms with Crippen molar-refractivity contribution in [1.82, 2.24) is 4.72 Å². The van der Waals surface area contributed by atoms with Gasteiger partial charge in [0.15, 0.2) is 0 Å². The molecular weight excluding hydrogens is 248 g/mol. The first-order valence-electron chi connectivity index (χ1n) is 5.88. The Bertz CT molecular complexity index is 557. The molecule has 0 fully saturated rings. The fourth-order valence-electron chi connectivity index (χ4n) is 1.57. The minimum Gasteiger partial charge on any atom is -0.211 e. The van der Waals surface area contributed by atoms with Crippen molar-refractivity contribution in [2.24, 2.45) is 5.92 Å². The summed E-state index contributed by atoms with van der Waals surface area (Å²) >= 11 is 0. The maximum Gasteiger partial charge on any atom is 0.241 e. The van der Waals surface area contributed by atoms with Crippen LogP contribution in [0, 0.1) is 24.2 Å². The van der Waals surface area contributed by atoms with Crippen LogP contribution in [0.1, 0.15) is 31.4 Å². The molecule has 0 spiro atoms. The molecule has 0 bridgehead atoms. The first kappa shape index (κ1) is 14.7. The topological polar surface area (TPSA) is 70.0 Å². The summed E-state index contributed by atoms with van der Waals surface area (Å²) < 4.78 is 26.7. The van der Waals surface area contributed by atoms with Crippen molar-refractivity contribution < 1.29 is 8.42 Å². The molecule has 1 aromatic rings. The normalized spacial score (nSPS) is 11.5. The Morgan fingerprint density at radius 3 is 2.61 bits per heavy atom. The van der Waals surface area contributed by atoms with Gasteiger partial charge in [-0.25, -0.2) is 13.1 Å². The van der Waals surface area contributed by atoms with Crippen LogP contribution >= 0.6 is 0 Å². The Hall–Kier alpha value is -1.38. The number of hydrogen-bond donors (Lipinski definition) is 1. The van der Waals surface area contributed by atoms with E-state index in [0.717, 1.165) is 6.42 Å². The van der Waals surface area contributed by atoms with Crippen LogP contribution in [0.2, 0.25) is 0 Å². The molecule has 0 aromatic heterocycles. The Balaban J connectivity index is 3.00. The lowest BCUT2D eigenvalue weighted by Crippen LogP contribution is -2.26. The highest BCUT2D eigenvalue weighted by molar-refractivity contribution is 7.89. The van der Waals surface area contributed by atoms with Crippen LogP contribution in [0.4, 0.5) is 0 Å². The highest BCUT2D eigenvalue weighted by atomic mass is 32.2. The number of hydrogen-bond acceptors (Lipinski definition) is 3. The van der Waals surface area contributed by atoms with E-state index in [9.17, 15) is 8.42 Å². The Morgan fingerprint density at radius 1 is 1.39 bits per heavy atom. The van der Waals surface area contributed by atoms with E-state index in [-0.39, 0.29) is 10.5 Å². The van der Waals surface area contributed by atoms with Crippen LogP contribution in [-0.2, 0) is 10.0 Å². The summed E-state index contributed by atoms with van der Waals surface area (Å²) in [6.07, 6.45) is 0.771. The highest BCUT2D eigenvalue weighted by Gasteiger charge is 2.19. The minimum absolute atomic E-state index is 0.0637. The standard InChI is InChI=1S/C13H18N2O2S/c1-10(2)7-8-15-18(16,17)13-6-4-5-11(3)12(13)9-14/h4-6,10,15H,7-8H2,1-3H3. The van der Waals surface area contributed by atoms with Crippen molar-refractivity contribution in [3.05, 3.63) is 29.3 Å². The molecule has 1 aromatic carbocycles. The van der Waals surface area contributed by atoms with E-state index in [1.165, 1.54) is 6.07 Å². The van der Waals surface area contributed by atoms with E-state index in [0.29, 0.717) is 18.0 Å². The molecule has 0 aliphatic rings. The van der Waals surface area contributed by atoms with Gasteiger partial charge in [0.05, 0.1) is 10.5 Å². The van der Waals surface area contributed by atoms with E-state index in [1.54, 1.807) is 19.1 Å². The van der Waals surface area contributed by atoms with E-state index in [2.05, 4.69) is 4.72 Å². The van der Waals surface area contributed by atoms with Crippen LogP contribution in [0.3, 0.4) is 0 Å². The number of nitriles is 1. The fourth-order valence-corrected chi connectivity index (χ4v) is 2.84.